The molecule has 184 valence electrons. The summed E-state index contributed by atoms with van der Waals surface area (Å²) in [6.07, 6.45) is 5.51. The molecule has 1 aliphatic heterocycles. The number of halogens is 2. The average Bonchev–Trinajstić information content (AvgIpc) is 3.57. The number of nitrogens with two attached hydrogens (primary N) is 1. The first-order valence-electron chi connectivity index (χ1n) is 11.8. The molecule has 35 heavy (non-hydrogen) atoms. The second-order valence-corrected chi connectivity index (χ2v) is 9.74. The van der Waals surface area contributed by atoms with Crippen LogP contribution in [0.5, 0.6) is 0 Å². The van der Waals surface area contributed by atoms with E-state index in [4.69, 9.17) is 17.3 Å². The smallest absolute Gasteiger partial charge is 0.231 e. The predicted octanol–water partition coefficient (Wildman–Crippen LogP) is 4.33. The number of likely N-dealkylation sites (tertiary alicyclic amines) is 1. The Morgan fingerprint density at radius 1 is 1.20 bits per heavy atom. The van der Waals surface area contributed by atoms with E-state index < -0.39 is 0 Å². The maximum absolute atomic E-state index is 15.1. The van der Waals surface area contributed by atoms with Crippen LogP contribution in [0, 0.1) is 12.7 Å². The van der Waals surface area contributed by atoms with Crippen LogP contribution in [0.2, 0.25) is 5.02 Å². The number of nitrogens with one attached hydrogen (secondary N) is 3. The van der Waals surface area contributed by atoms with Gasteiger partial charge in [0.1, 0.15) is 10.8 Å². The monoisotopic (exact) mass is 498 g/mol. The molecule has 1 aliphatic carbocycles. The lowest BCUT2D eigenvalue weighted by Gasteiger charge is -2.32. The first-order chi connectivity index (χ1) is 16.9. The minimum Gasteiger partial charge on any atom is -0.369 e. The number of aryl methyl sites for hydroxylation is 1. The fraction of sp³-hybridized carbons (Fsp3) is 0.417. The van der Waals surface area contributed by atoms with Crippen LogP contribution in [0.15, 0.2) is 24.4 Å². The molecule has 0 radical (unpaired) electrons. The van der Waals surface area contributed by atoms with Crippen molar-refractivity contribution in [1.29, 1.82) is 0 Å². The third-order valence-corrected chi connectivity index (χ3v) is 6.89. The lowest BCUT2D eigenvalue weighted by Crippen LogP contribution is -2.39. The molecule has 1 amide bonds. The number of benzene rings is 1. The van der Waals surface area contributed by atoms with Crippen molar-refractivity contribution in [2.45, 2.75) is 44.4 Å². The lowest BCUT2D eigenvalue weighted by atomic mass is 9.86. The van der Waals surface area contributed by atoms with Gasteiger partial charge in [-0.2, -0.15) is 10.1 Å². The van der Waals surface area contributed by atoms with Gasteiger partial charge in [-0.25, -0.2) is 9.37 Å². The number of H-pyrrole nitrogens is 1. The fourth-order valence-electron chi connectivity index (χ4n) is 4.62. The number of aromatic nitrogens is 4. The number of piperidine rings is 1. The summed E-state index contributed by atoms with van der Waals surface area (Å²) < 4.78 is 15.1. The van der Waals surface area contributed by atoms with E-state index in [1.165, 1.54) is 19.0 Å². The van der Waals surface area contributed by atoms with Gasteiger partial charge in [0.15, 0.2) is 11.6 Å². The molecule has 3 aromatic rings. The highest BCUT2D eigenvalue weighted by molar-refractivity contribution is 6.32. The van der Waals surface area contributed by atoms with E-state index >= 15 is 4.39 Å². The SMILES string of the molecule is Cc1cc(Nc2ncc(Cl)c(Nc3cc(C4CC4)[nH]n3)n2)c(F)cc1C1CCN(CC(N)=O)CC1. The summed E-state index contributed by atoms with van der Waals surface area (Å²) in [6, 6.07) is 5.31. The van der Waals surface area contributed by atoms with Crippen molar-refractivity contribution in [3.63, 3.8) is 0 Å². The Bertz CT molecular complexity index is 1240. The second kappa shape index (κ2) is 9.79. The second-order valence-electron chi connectivity index (χ2n) is 9.33. The number of aromatic amines is 1. The first-order valence-corrected chi connectivity index (χ1v) is 12.2. The Labute approximate surface area is 207 Å². The van der Waals surface area contributed by atoms with Crippen LogP contribution in [0.3, 0.4) is 0 Å². The van der Waals surface area contributed by atoms with Gasteiger partial charge in [0.2, 0.25) is 11.9 Å². The summed E-state index contributed by atoms with van der Waals surface area (Å²) >= 11 is 6.28. The van der Waals surface area contributed by atoms with Crippen LogP contribution < -0.4 is 16.4 Å². The zero-order valence-electron chi connectivity index (χ0n) is 19.4. The number of primary amides is 1. The van der Waals surface area contributed by atoms with Gasteiger partial charge in [0.25, 0.3) is 0 Å². The number of nitrogens with zero attached hydrogens (tertiary/aromatic N) is 4. The van der Waals surface area contributed by atoms with E-state index in [-0.39, 0.29) is 30.1 Å². The van der Waals surface area contributed by atoms with E-state index in [0.717, 1.165) is 42.8 Å². The number of hydrogen-bond acceptors (Lipinski definition) is 7. The van der Waals surface area contributed by atoms with Crippen molar-refractivity contribution >= 4 is 40.8 Å². The van der Waals surface area contributed by atoms with Crippen LogP contribution in [0.1, 0.15) is 54.3 Å². The van der Waals surface area contributed by atoms with E-state index in [1.807, 2.05) is 17.9 Å². The molecule has 1 saturated heterocycles. The van der Waals surface area contributed by atoms with Crippen molar-refractivity contribution in [2.24, 2.45) is 5.73 Å². The molecule has 5 N–H and O–H groups in total. The average molecular weight is 499 g/mol. The van der Waals surface area contributed by atoms with E-state index in [9.17, 15) is 4.79 Å². The van der Waals surface area contributed by atoms with Crippen molar-refractivity contribution in [3.05, 3.63) is 52.1 Å². The van der Waals surface area contributed by atoms with Crippen LogP contribution in [-0.2, 0) is 4.79 Å². The quantitative estimate of drug-likeness (QED) is 0.364. The molecule has 5 rings (SSSR count). The highest BCUT2D eigenvalue weighted by Gasteiger charge is 2.26. The summed E-state index contributed by atoms with van der Waals surface area (Å²) in [7, 11) is 0. The number of amides is 1. The number of anilines is 4. The molecule has 9 nitrogen and oxygen atoms in total. The van der Waals surface area contributed by atoms with Gasteiger partial charge >= 0.3 is 0 Å². The summed E-state index contributed by atoms with van der Waals surface area (Å²) in [5.41, 5.74) is 8.65. The van der Waals surface area contributed by atoms with Crippen molar-refractivity contribution in [1.82, 2.24) is 25.1 Å². The fourth-order valence-corrected chi connectivity index (χ4v) is 4.75. The van der Waals surface area contributed by atoms with Crippen LogP contribution in [-0.4, -0.2) is 50.6 Å². The van der Waals surface area contributed by atoms with Gasteiger partial charge in [-0.3, -0.25) is 14.8 Å². The Kier molecular flexibility index (Phi) is 6.57. The standard InChI is InChI=1S/C24H28ClFN8O/c1-13-8-20(18(26)9-16(13)14-4-6-34(7-5-14)12-21(27)35)29-24-28-11-17(25)23(31-24)30-22-10-19(32-33-22)15-2-3-15/h8-11,14-15H,2-7,12H2,1H3,(H2,27,35)(H3,28,29,30,31,32,33). The summed E-state index contributed by atoms with van der Waals surface area (Å²) in [4.78, 5) is 21.8. The molecule has 1 aromatic carbocycles. The van der Waals surface area contributed by atoms with Gasteiger partial charge in [-0.15, -0.1) is 0 Å². The molecule has 0 atom stereocenters. The van der Waals surface area contributed by atoms with Gasteiger partial charge in [-0.05, 0) is 74.9 Å². The predicted molar refractivity (Wildman–Crippen MR) is 133 cm³/mol. The Hall–Kier alpha value is -3.24. The molecule has 0 spiro atoms. The third-order valence-electron chi connectivity index (χ3n) is 6.61. The van der Waals surface area contributed by atoms with Crippen LogP contribution >= 0.6 is 11.6 Å². The number of rotatable bonds is 8. The van der Waals surface area contributed by atoms with Crippen LogP contribution in [0.25, 0.3) is 0 Å². The molecule has 3 heterocycles. The van der Waals surface area contributed by atoms with Gasteiger partial charge < -0.3 is 16.4 Å². The molecule has 1 saturated carbocycles. The molecule has 0 bridgehead atoms. The zero-order chi connectivity index (χ0) is 24.5. The van der Waals surface area contributed by atoms with Crippen molar-refractivity contribution < 1.29 is 9.18 Å². The maximum atomic E-state index is 15.1. The molecule has 0 unspecified atom stereocenters. The number of hydrogen-bond donors (Lipinski definition) is 4. The van der Waals surface area contributed by atoms with Gasteiger partial charge in [-0.1, -0.05) is 11.6 Å². The van der Waals surface area contributed by atoms with E-state index in [1.54, 1.807) is 12.1 Å². The largest absolute Gasteiger partial charge is 0.369 e. The van der Waals surface area contributed by atoms with Crippen molar-refractivity contribution in [2.75, 3.05) is 30.3 Å². The molecule has 2 fully saturated rings. The number of carbonyl (C=O) groups is 1. The maximum Gasteiger partial charge on any atom is 0.231 e. The highest BCUT2D eigenvalue weighted by atomic mass is 35.5. The minimum absolute atomic E-state index is 0.223. The molecular weight excluding hydrogens is 471 g/mol. The summed E-state index contributed by atoms with van der Waals surface area (Å²) in [5.74, 6) is 1.31. The molecule has 2 aliphatic rings. The lowest BCUT2D eigenvalue weighted by molar-refractivity contribution is -0.119. The van der Waals surface area contributed by atoms with E-state index in [2.05, 4.69) is 30.8 Å². The molecular formula is C24H28ClFN8O. The Balaban J connectivity index is 1.28. The third kappa shape index (κ3) is 5.54. The molecule has 11 heteroatoms. The minimum atomic E-state index is -0.375. The normalized spacial score (nSPS) is 16.9. The Morgan fingerprint density at radius 3 is 2.69 bits per heavy atom. The summed E-state index contributed by atoms with van der Waals surface area (Å²) in [6.45, 7) is 3.77. The van der Waals surface area contributed by atoms with Crippen molar-refractivity contribution in [3.8, 4) is 0 Å². The van der Waals surface area contributed by atoms with E-state index in [0.29, 0.717) is 28.3 Å². The zero-order valence-corrected chi connectivity index (χ0v) is 20.2. The molecule has 2 aromatic heterocycles. The van der Waals surface area contributed by atoms with Gasteiger partial charge in [0.05, 0.1) is 18.4 Å². The first kappa shape index (κ1) is 23.5. The van der Waals surface area contributed by atoms with Gasteiger partial charge in [0, 0.05) is 17.7 Å². The summed E-state index contributed by atoms with van der Waals surface area (Å²) in [5, 5.41) is 13.7. The topological polar surface area (TPSA) is 125 Å². The number of carbonyl (C=O) groups excluding carboxylic acids is 1. The Morgan fingerprint density at radius 2 is 1.97 bits per heavy atom. The van der Waals surface area contributed by atoms with Crippen LogP contribution in [0.4, 0.5) is 27.7 Å². The highest BCUT2D eigenvalue weighted by Crippen LogP contribution is 2.40.